The fraction of sp³-hybridized carbons (Fsp3) is 0.938. The van der Waals surface area contributed by atoms with E-state index in [1.165, 1.54) is 19.3 Å². The Kier molecular flexibility index (Phi) is 5.68. The first-order valence-corrected chi connectivity index (χ1v) is 7.51. The Balaban J connectivity index is 2.27. The van der Waals surface area contributed by atoms with Crippen molar-refractivity contribution in [3.8, 4) is 0 Å². The number of cyclic esters (lactones) is 1. The summed E-state index contributed by atoms with van der Waals surface area (Å²) < 4.78 is 5.24. The summed E-state index contributed by atoms with van der Waals surface area (Å²) in [5.74, 6) is 2.90. The fourth-order valence-electron chi connectivity index (χ4n) is 3.47. The van der Waals surface area contributed by atoms with E-state index >= 15 is 0 Å². The van der Waals surface area contributed by atoms with Gasteiger partial charge in [0.05, 0.1) is 5.92 Å². The zero-order valence-corrected chi connectivity index (χ0v) is 12.9. The van der Waals surface area contributed by atoms with Crippen molar-refractivity contribution in [1.29, 1.82) is 0 Å². The van der Waals surface area contributed by atoms with Crippen LogP contribution in [0.4, 0.5) is 0 Å². The lowest BCUT2D eigenvalue weighted by Gasteiger charge is -2.38. The molecule has 0 amide bonds. The van der Waals surface area contributed by atoms with Crippen molar-refractivity contribution in [3.63, 3.8) is 0 Å². The number of rotatable bonds is 7. The number of hydrogen-bond donors (Lipinski definition) is 0. The summed E-state index contributed by atoms with van der Waals surface area (Å²) in [5.41, 5.74) is 0. The van der Waals surface area contributed by atoms with Crippen molar-refractivity contribution >= 4 is 5.97 Å². The zero-order valence-electron chi connectivity index (χ0n) is 12.9. The topological polar surface area (TPSA) is 26.3 Å². The van der Waals surface area contributed by atoms with Gasteiger partial charge in [0.25, 0.3) is 0 Å². The highest BCUT2D eigenvalue weighted by atomic mass is 16.6. The third-order valence-electron chi connectivity index (χ3n) is 4.13. The molecule has 0 spiro atoms. The third-order valence-corrected chi connectivity index (χ3v) is 4.13. The second kappa shape index (κ2) is 6.58. The quantitative estimate of drug-likeness (QED) is 0.634. The molecular formula is C16H30O2. The summed E-state index contributed by atoms with van der Waals surface area (Å²) in [4.78, 5) is 11.1. The van der Waals surface area contributed by atoms with E-state index in [-0.39, 0.29) is 18.0 Å². The van der Waals surface area contributed by atoms with Crippen molar-refractivity contribution in [2.45, 2.75) is 66.9 Å². The van der Waals surface area contributed by atoms with E-state index in [4.69, 9.17) is 4.74 Å². The zero-order chi connectivity index (χ0) is 13.9. The molecule has 5 atom stereocenters. The van der Waals surface area contributed by atoms with Crippen molar-refractivity contribution < 1.29 is 9.53 Å². The molecule has 0 radical (unpaired) electrons. The van der Waals surface area contributed by atoms with Gasteiger partial charge in [0.1, 0.15) is 6.10 Å². The van der Waals surface area contributed by atoms with Gasteiger partial charge in [-0.25, -0.2) is 0 Å². The molecule has 0 N–H and O–H groups in total. The molecule has 0 aliphatic carbocycles. The van der Waals surface area contributed by atoms with Crippen LogP contribution >= 0.6 is 0 Å². The highest BCUT2D eigenvalue weighted by molar-refractivity contribution is 5.78. The van der Waals surface area contributed by atoms with E-state index in [9.17, 15) is 4.79 Å². The summed E-state index contributed by atoms with van der Waals surface area (Å²) in [6.07, 6.45) is 3.94. The van der Waals surface area contributed by atoms with Crippen LogP contribution in [0.3, 0.4) is 0 Å². The first-order chi connectivity index (χ1) is 8.31. The second-order valence-electron chi connectivity index (χ2n) is 6.98. The van der Waals surface area contributed by atoms with Crippen LogP contribution in [0, 0.1) is 29.6 Å². The predicted molar refractivity (Wildman–Crippen MR) is 75.2 cm³/mol. The van der Waals surface area contributed by atoms with Gasteiger partial charge in [-0.15, -0.1) is 0 Å². The van der Waals surface area contributed by atoms with Crippen LogP contribution in [0.25, 0.3) is 0 Å². The molecule has 106 valence electrons. The van der Waals surface area contributed by atoms with Crippen LogP contribution in [0.5, 0.6) is 0 Å². The van der Waals surface area contributed by atoms with Gasteiger partial charge in [-0.05, 0) is 49.9 Å². The number of carbonyl (C=O) groups is 1. The van der Waals surface area contributed by atoms with Gasteiger partial charge in [0.15, 0.2) is 0 Å². The lowest BCUT2D eigenvalue weighted by Crippen LogP contribution is -2.47. The largest absolute Gasteiger partial charge is 0.461 e. The van der Waals surface area contributed by atoms with Crippen LogP contribution in [0.15, 0.2) is 0 Å². The molecular weight excluding hydrogens is 224 g/mol. The highest BCUT2D eigenvalue weighted by Gasteiger charge is 2.42. The normalized spacial score (nSPS) is 28.5. The number of hydrogen-bond acceptors (Lipinski definition) is 2. The Labute approximate surface area is 112 Å². The third kappa shape index (κ3) is 4.29. The van der Waals surface area contributed by atoms with Crippen molar-refractivity contribution in [1.82, 2.24) is 0 Å². The minimum atomic E-state index is -0.0207. The molecule has 0 bridgehead atoms. The number of carbonyl (C=O) groups excluding carboxylic acids is 1. The SMILES string of the molecule is CC(C)CC(C)CC(C)CC(C)C1OC(=O)[C@@H]1C. The van der Waals surface area contributed by atoms with Crippen LogP contribution in [-0.4, -0.2) is 12.1 Å². The van der Waals surface area contributed by atoms with E-state index < -0.39 is 0 Å². The van der Waals surface area contributed by atoms with E-state index in [1.54, 1.807) is 0 Å². The molecule has 1 heterocycles. The number of ether oxygens (including phenoxy) is 1. The van der Waals surface area contributed by atoms with Gasteiger partial charge in [-0.1, -0.05) is 34.6 Å². The Morgan fingerprint density at radius 1 is 1.00 bits per heavy atom. The molecule has 1 rings (SSSR count). The lowest BCUT2D eigenvalue weighted by molar-refractivity contribution is -0.189. The van der Waals surface area contributed by atoms with Crippen LogP contribution in [-0.2, 0) is 9.53 Å². The Hall–Kier alpha value is -0.530. The van der Waals surface area contributed by atoms with Crippen molar-refractivity contribution in [3.05, 3.63) is 0 Å². The Bertz CT molecular complexity index is 272. The summed E-state index contributed by atoms with van der Waals surface area (Å²) in [6, 6.07) is 0. The minimum absolute atomic E-state index is 0.0207. The van der Waals surface area contributed by atoms with E-state index in [0.29, 0.717) is 5.92 Å². The van der Waals surface area contributed by atoms with Crippen LogP contribution in [0.1, 0.15) is 60.8 Å². The average molecular weight is 254 g/mol. The molecule has 0 aromatic heterocycles. The molecule has 1 saturated heterocycles. The molecule has 2 heteroatoms. The van der Waals surface area contributed by atoms with E-state index in [2.05, 4.69) is 34.6 Å². The molecule has 18 heavy (non-hydrogen) atoms. The van der Waals surface area contributed by atoms with Gasteiger partial charge in [0, 0.05) is 0 Å². The molecule has 0 aromatic rings. The summed E-state index contributed by atoms with van der Waals surface area (Å²) in [6.45, 7) is 13.5. The highest BCUT2D eigenvalue weighted by Crippen LogP contribution is 2.33. The molecule has 0 aromatic carbocycles. The summed E-state index contributed by atoms with van der Waals surface area (Å²) >= 11 is 0. The van der Waals surface area contributed by atoms with Gasteiger partial charge < -0.3 is 4.74 Å². The molecule has 1 aliphatic heterocycles. The minimum Gasteiger partial charge on any atom is -0.461 e. The fourth-order valence-corrected chi connectivity index (χ4v) is 3.47. The number of esters is 1. The van der Waals surface area contributed by atoms with Gasteiger partial charge in [-0.2, -0.15) is 0 Å². The van der Waals surface area contributed by atoms with Crippen LogP contribution in [0.2, 0.25) is 0 Å². The molecule has 4 unspecified atom stereocenters. The summed E-state index contributed by atoms with van der Waals surface area (Å²) in [5, 5.41) is 0. The average Bonchev–Trinajstić information content (AvgIpc) is 2.23. The van der Waals surface area contributed by atoms with Gasteiger partial charge in [-0.3, -0.25) is 4.79 Å². The first kappa shape index (κ1) is 15.5. The maximum Gasteiger partial charge on any atom is 0.312 e. The van der Waals surface area contributed by atoms with Crippen LogP contribution < -0.4 is 0 Å². The maximum absolute atomic E-state index is 11.1. The Morgan fingerprint density at radius 3 is 2.00 bits per heavy atom. The van der Waals surface area contributed by atoms with E-state index in [0.717, 1.165) is 17.8 Å². The molecule has 0 saturated carbocycles. The van der Waals surface area contributed by atoms with Crippen molar-refractivity contribution in [2.24, 2.45) is 29.6 Å². The Morgan fingerprint density at radius 2 is 1.56 bits per heavy atom. The molecule has 1 fully saturated rings. The lowest BCUT2D eigenvalue weighted by atomic mass is 9.80. The van der Waals surface area contributed by atoms with Crippen molar-refractivity contribution in [2.75, 3.05) is 0 Å². The first-order valence-electron chi connectivity index (χ1n) is 7.51. The molecule has 2 nitrogen and oxygen atoms in total. The van der Waals surface area contributed by atoms with Gasteiger partial charge >= 0.3 is 5.97 Å². The monoisotopic (exact) mass is 254 g/mol. The second-order valence-corrected chi connectivity index (χ2v) is 6.98. The van der Waals surface area contributed by atoms with E-state index in [1.807, 2.05) is 6.92 Å². The summed E-state index contributed by atoms with van der Waals surface area (Å²) in [7, 11) is 0. The maximum atomic E-state index is 11.1. The predicted octanol–water partition coefficient (Wildman–Crippen LogP) is 4.28. The standard InChI is InChI=1S/C16H30O2/c1-10(2)7-11(3)8-12(4)9-13(5)15-14(6)16(17)18-15/h10-15H,7-9H2,1-6H3/t11?,12?,13?,14-,15?/m1/s1. The van der Waals surface area contributed by atoms with Gasteiger partial charge in [0.2, 0.25) is 0 Å². The molecule has 1 aliphatic rings. The smallest absolute Gasteiger partial charge is 0.312 e.